The normalized spacial score (nSPS) is 17.0. The van der Waals surface area contributed by atoms with Crippen molar-refractivity contribution in [1.29, 1.82) is 0 Å². The number of aromatic nitrogens is 2. The van der Waals surface area contributed by atoms with Gasteiger partial charge in [-0.1, -0.05) is 13.8 Å². The van der Waals surface area contributed by atoms with Crippen molar-refractivity contribution in [2.45, 2.75) is 26.3 Å². The van der Waals surface area contributed by atoms with Crippen molar-refractivity contribution in [3.8, 4) is 11.4 Å². The van der Waals surface area contributed by atoms with Crippen LogP contribution >= 0.6 is 11.3 Å². The predicted octanol–water partition coefficient (Wildman–Crippen LogP) is 2.06. The molecule has 0 saturated carbocycles. The van der Waals surface area contributed by atoms with Gasteiger partial charge in [-0.25, -0.2) is 4.98 Å². The molecule has 2 aromatic heterocycles. The van der Waals surface area contributed by atoms with E-state index in [0.717, 1.165) is 11.4 Å². The van der Waals surface area contributed by atoms with E-state index in [4.69, 9.17) is 0 Å². The smallest absolute Gasteiger partial charge is 0.269 e. The van der Waals surface area contributed by atoms with E-state index in [9.17, 15) is 9.59 Å². The lowest BCUT2D eigenvalue weighted by Crippen LogP contribution is -2.41. The van der Waals surface area contributed by atoms with Gasteiger partial charge in [0.15, 0.2) is 0 Å². The zero-order valence-electron chi connectivity index (χ0n) is 13.2. The van der Waals surface area contributed by atoms with Gasteiger partial charge >= 0.3 is 0 Å². The van der Waals surface area contributed by atoms with Crippen LogP contribution in [0.5, 0.6) is 0 Å². The largest absolute Gasteiger partial charge is 0.356 e. The van der Waals surface area contributed by atoms with Crippen LogP contribution in [0.4, 0.5) is 0 Å². The molecule has 7 heteroatoms. The molecule has 1 unspecified atom stereocenters. The fourth-order valence-electron chi connectivity index (χ4n) is 2.66. The summed E-state index contributed by atoms with van der Waals surface area (Å²) in [5.41, 5.74) is 1.49. The highest BCUT2D eigenvalue weighted by molar-refractivity contribution is 7.08. The lowest BCUT2D eigenvalue weighted by atomic mass is 10.1. The number of hydrogen-bond donors (Lipinski definition) is 2. The van der Waals surface area contributed by atoms with E-state index < -0.39 is 0 Å². The summed E-state index contributed by atoms with van der Waals surface area (Å²) in [6, 6.07) is 1.86. The molecule has 3 rings (SSSR count). The van der Waals surface area contributed by atoms with E-state index >= 15 is 0 Å². The van der Waals surface area contributed by atoms with Crippen LogP contribution in [0, 0.1) is 5.92 Å². The Bertz CT molecular complexity index is 706. The van der Waals surface area contributed by atoms with E-state index in [-0.39, 0.29) is 17.9 Å². The third kappa shape index (κ3) is 3.29. The molecule has 3 heterocycles. The van der Waals surface area contributed by atoms with Crippen LogP contribution in [0.25, 0.3) is 11.4 Å². The second-order valence-corrected chi connectivity index (χ2v) is 6.90. The molecule has 0 fully saturated rings. The average Bonchev–Trinajstić information content (AvgIpc) is 3.16. The van der Waals surface area contributed by atoms with Crippen LogP contribution in [0.15, 0.2) is 23.0 Å². The van der Waals surface area contributed by atoms with Crippen LogP contribution in [-0.4, -0.2) is 34.5 Å². The van der Waals surface area contributed by atoms with E-state index in [1.807, 2.05) is 21.4 Å². The van der Waals surface area contributed by atoms with Crippen molar-refractivity contribution < 1.29 is 9.59 Å². The standard InChI is InChI=1S/C16H20N4O2S/c1-10(2)6-17-14(21)5-12-7-19-16(22)13-8-18-15(20(12)13)11-3-4-23-9-11/h3-4,8-10,12H,5-7H2,1-2H3,(H,17,21)(H,19,22). The van der Waals surface area contributed by atoms with Crippen LogP contribution in [0.1, 0.15) is 36.8 Å². The first-order valence-electron chi connectivity index (χ1n) is 7.71. The van der Waals surface area contributed by atoms with Crippen molar-refractivity contribution in [3.05, 3.63) is 28.7 Å². The molecule has 0 spiro atoms. The summed E-state index contributed by atoms with van der Waals surface area (Å²) in [4.78, 5) is 28.6. The molecule has 6 nitrogen and oxygen atoms in total. The third-order valence-electron chi connectivity index (χ3n) is 3.80. The van der Waals surface area contributed by atoms with Gasteiger partial charge in [0.1, 0.15) is 11.5 Å². The Morgan fingerprint density at radius 2 is 2.39 bits per heavy atom. The minimum Gasteiger partial charge on any atom is -0.356 e. The number of amides is 2. The van der Waals surface area contributed by atoms with Crippen molar-refractivity contribution in [1.82, 2.24) is 20.2 Å². The Labute approximate surface area is 138 Å². The van der Waals surface area contributed by atoms with Gasteiger partial charge in [-0.15, -0.1) is 0 Å². The summed E-state index contributed by atoms with van der Waals surface area (Å²) >= 11 is 1.58. The number of nitrogens with zero attached hydrogens (tertiary/aromatic N) is 2. The van der Waals surface area contributed by atoms with Crippen molar-refractivity contribution in [2.75, 3.05) is 13.1 Å². The van der Waals surface area contributed by atoms with Crippen molar-refractivity contribution in [3.63, 3.8) is 0 Å². The Kier molecular flexibility index (Phi) is 4.47. The Morgan fingerprint density at radius 3 is 3.09 bits per heavy atom. The molecule has 1 aliphatic rings. The lowest BCUT2D eigenvalue weighted by Gasteiger charge is -2.27. The number of imidazole rings is 1. The summed E-state index contributed by atoms with van der Waals surface area (Å²) in [6.07, 6.45) is 1.91. The molecule has 23 heavy (non-hydrogen) atoms. The Balaban J connectivity index is 1.85. The molecule has 0 aliphatic carbocycles. The number of fused-ring (bicyclic) bond motifs is 1. The van der Waals surface area contributed by atoms with Crippen molar-refractivity contribution >= 4 is 23.2 Å². The average molecular weight is 332 g/mol. The SMILES string of the molecule is CC(C)CNC(=O)CC1CNC(=O)c2cnc(-c3ccsc3)n21. The summed E-state index contributed by atoms with van der Waals surface area (Å²) < 4.78 is 1.90. The molecular formula is C16H20N4O2S. The fraction of sp³-hybridized carbons (Fsp3) is 0.438. The number of carbonyl (C=O) groups is 2. The highest BCUT2D eigenvalue weighted by Gasteiger charge is 2.30. The van der Waals surface area contributed by atoms with Gasteiger partial charge < -0.3 is 15.2 Å². The second kappa shape index (κ2) is 6.54. The van der Waals surface area contributed by atoms with Crippen LogP contribution in [-0.2, 0) is 4.79 Å². The summed E-state index contributed by atoms with van der Waals surface area (Å²) in [6.45, 7) is 5.22. The molecule has 2 amide bonds. The minimum atomic E-state index is -0.141. The molecule has 2 aromatic rings. The maximum Gasteiger partial charge on any atom is 0.269 e. The minimum absolute atomic E-state index is 0.00392. The molecule has 0 aromatic carbocycles. The molecule has 0 radical (unpaired) electrons. The zero-order valence-corrected chi connectivity index (χ0v) is 14.0. The van der Waals surface area contributed by atoms with Gasteiger partial charge in [-0.2, -0.15) is 11.3 Å². The van der Waals surface area contributed by atoms with E-state index in [1.165, 1.54) is 0 Å². The third-order valence-corrected chi connectivity index (χ3v) is 4.48. The molecular weight excluding hydrogens is 312 g/mol. The predicted molar refractivity (Wildman–Crippen MR) is 89.4 cm³/mol. The maximum absolute atomic E-state index is 12.2. The number of rotatable bonds is 5. The quantitative estimate of drug-likeness (QED) is 0.880. The van der Waals surface area contributed by atoms with Crippen molar-refractivity contribution in [2.24, 2.45) is 5.92 Å². The van der Waals surface area contributed by atoms with Gasteiger partial charge in [-0.05, 0) is 17.4 Å². The number of nitrogens with one attached hydrogen (secondary N) is 2. The van der Waals surface area contributed by atoms with Crippen LogP contribution in [0.3, 0.4) is 0 Å². The number of carbonyl (C=O) groups excluding carboxylic acids is 2. The van der Waals surface area contributed by atoms with Crippen LogP contribution in [0.2, 0.25) is 0 Å². The molecule has 1 atom stereocenters. The number of thiophene rings is 1. The first-order chi connectivity index (χ1) is 11.1. The highest BCUT2D eigenvalue weighted by Crippen LogP contribution is 2.29. The maximum atomic E-state index is 12.2. The van der Waals surface area contributed by atoms with Crippen LogP contribution < -0.4 is 10.6 Å². The Hall–Kier alpha value is -2.15. The van der Waals surface area contributed by atoms with Gasteiger partial charge in [0.25, 0.3) is 5.91 Å². The summed E-state index contributed by atoms with van der Waals surface area (Å²) in [5.74, 6) is 1.02. The molecule has 0 saturated heterocycles. The van der Waals surface area contributed by atoms with E-state index in [0.29, 0.717) is 31.1 Å². The second-order valence-electron chi connectivity index (χ2n) is 6.11. The van der Waals surface area contributed by atoms with Gasteiger partial charge in [-0.3, -0.25) is 9.59 Å². The topological polar surface area (TPSA) is 76.0 Å². The summed E-state index contributed by atoms with van der Waals surface area (Å²) in [5, 5.41) is 9.75. The monoisotopic (exact) mass is 332 g/mol. The van der Waals surface area contributed by atoms with E-state index in [1.54, 1.807) is 17.5 Å². The van der Waals surface area contributed by atoms with Gasteiger partial charge in [0.2, 0.25) is 5.91 Å². The lowest BCUT2D eigenvalue weighted by molar-refractivity contribution is -0.122. The molecule has 2 N–H and O–H groups in total. The fourth-order valence-corrected chi connectivity index (χ4v) is 3.30. The van der Waals surface area contributed by atoms with Gasteiger partial charge in [0, 0.05) is 30.5 Å². The first-order valence-corrected chi connectivity index (χ1v) is 8.65. The Morgan fingerprint density at radius 1 is 1.57 bits per heavy atom. The zero-order chi connectivity index (χ0) is 16.4. The summed E-state index contributed by atoms with van der Waals surface area (Å²) in [7, 11) is 0. The first kappa shape index (κ1) is 15.7. The number of hydrogen-bond acceptors (Lipinski definition) is 4. The van der Waals surface area contributed by atoms with Gasteiger partial charge in [0.05, 0.1) is 12.2 Å². The molecule has 122 valence electrons. The molecule has 0 bridgehead atoms. The molecule has 1 aliphatic heterocycles. The van der Waals surface area contributed by atoms with E-state index in [2.05, 4.69) is 29.5 Å². The highest BCUT2D eigenvalue weighted by atomic mass is 32.1.